The second-order valence-electron chi connectivity index (χ2n) is 5.96. The highest BCUT2D eigenvalue weighted by molar-refractivity contribution is 14.0. The van der Waals surface area contributed by atoms with Gasteiger partial charge in [-0.3, -0.25) is 4.99 Å². The second-order valence-corrected chi connectivity index (χ2v) is 5.96. The van der Waals surface area contributed by atoms with Gasteiger partial charge in [-0.25, -0.2) is 4.98 Å². The number of benzene rings is 1. The van der Waals surface area contributed by atoms with Crippen LogP contribution < -0.4 is 15.4 Å². The zero-order valence-electron chi connectivity index (χ0n) is 15.8. The van der Waals surface area contributed by atoms with E-state index >= 15 is 0 Å². The number of halogens is 1. The molecule has 2 N–H and O–H groups in total. The summed E-state index contributed by atoms with van der Waals surface area (Å²) in [5.41, 5.74) is 2.19. The Morgan fingerprint density at radius 1 is 1.07 bits per heavy atom. The number of furan rings is 1. The van der Waals surface area contributed by atoms with Gasteiger partial charge < -0.3 is 19.8 Å². The third kappa shape index (κ3) is 7.22. The predicted octanol–water partition coefficient (Wildman–Crippen LogP) is 3.78. The van der Waals surface area contributed by atoms with Crippen LogP contribution in [-0.2, 0) is 19.6 Å². The van der Waals surface area contributed by atoms with E-state index in [1.165, 1.54) is 0 Å². The number of guanidine groups is 1. The largest absolute Gasteiger partial charge is 0.473 e. The molecule has 3 rings (SSSR count). The normalized spacial score (nSPS) is 10.8. The minimum atomic E-state index is 0. The first-order valence-corrected chi connectivity index (χ1v) is 8.92. The van der Waals surface area contributed by atoms with E-state index in [2.05, 4.69) is 20.6 Å². The molecule has 3 aromatic rings. The summed E-state index contributed by atoms with van der Waals surface area (Å²) in [7, 11) is 1.75. The lowest BCUT2D eigenvalue weighted by molar-refractivity contribution is 0.293. The van der Waals surface area contributed by atoms with Crippen LogP contribution in [0.15, 0.2) is 76.5 Å². The molecular formula is C21H25IN4O2. The Hall–Kier alpha value is -2.55. The molecule has 0 aliphatic carbocycles. The summed E-state index contributed by atoms with van der Waals surface area (Å²) in [6, 6.07) is 17.8. The number of nitrogens with zero attached hydrogens (tertiary/aromatic N) is 2. The van der Waals surface area contributed by atoms with Crippen LogP contribution in [0.2, 0.25) is 0 Å². The lowest BCUT2D eigenvalue weighted by Gasteiger charge is -2.12. The highest BCUT2D eigenvalue weighted by Gasteiger charge is 2.03. The van der Waals surface area contributed by atoms with Crippen molar-refractivity contribution in [2.45, 2.75) is 19.6 Å². The zero-order valence-corrected chi connectivity index (χ0v) is 18.1. The van der Waals surface area contributed by atoms with Gasteiger partial charge in [-0.1, -0.05) is 30.3 Å². The van der Waals surface area contributed by atoms with Crippen LogP contribution in [0.3, 0.4) is 0 Å². The predicted molar refractivity (Wildman–Crippen MR) is 121 cm³/mol. The number of hydrogen-bond acceptors (Lipinski definition) is 4. The van der Waals surface area contributed by atoms with E-state index in [4.69, 9.17) is 9.15 Å². The third-order valence-electron chi connectivity index (χ3n) is 3.96. The number of nitrogens with one attached hydrogen (secondary N) is 2. The quantitative estimate of drug-likeness (QED) is 0.285. The molecule has 2 aromatic heterocycles. The summed E-state index contributed by atoms with van der Waals surface area (Å²) in [5, 5.41) is 6.56. The molecule has 0 spiro atoms. The Bertz CT molecular complexity index is 839. The van der Waals surface area contributed by atoms with Gasteiger partial charge in [0, 0.05) is 38.8 Å². The van der Waals surface area contributed by atoms with Crippen LogP contribution in [0.25, 0.3) is 0 Å². The lowest BCUT2D eigenvalue weighted by atomic mass is 10.2. The summed E-state index contributed by atoms with van der Waals surface area (Å²) >= 11 is 0. The maximum Gasteiger partial charge on any atom is 0.213 e. The maximum absolute atomic E-state index is 5.78. The van der Waals surface area contributed by atoms with Crippen LogP contribution in [0.5, 0.6) is 5.88 Å². The van der Waals surface area contributed by atoms with Gasteiger partial charge in [0.2, 0.25) is 5.88 Å². The van der Waals surface area contributed by atoms with Crippen molar-refractivity contribution in [2.24, 2.45) is 4.99 Å². The Morgan fingerprint density at radius 2 is 1.93 bits per heavy atom. The van der Waals surface area contributed by atoms with Crippen molar-refractivity contribution in [1.29, 1.82) is 0 Å². The van der Waals surface area contributed by atoms with Gasteiger partial charge in [0.25, 0.3) is 0 Å². The minimum Gasteiger partial charge on any atom is -0.473 e. The van der Waals surface area contributed by atoms with E-state index in [0.717, 1.165) is 35.8 Å². The number of hydrogen-bond donors (Lipinski definition) is 2. The van der Waals surface area contributed by atoms with E-state index in [9.17, 15) is 0 Å². The number of pyridine rings is 1. The lowest BCUT2D eigenvalue weighted by Crippen LogP contribution is -2.37. The molecule has 1 aromatic carbocycles. The van der Waals surface area contributed by atoms with E-state index in [-0.39, 0.29) is 24.0 Å². The highest BCUT2D eigenvalue weighted by atomic mass is 127. The molecule has 28 heavy (non-hydrogen) atoms. The monoisotopic (exact) mass is 492 g/mol. The van der Waals surface area contributed by atoms with Crippen molar-refractivity contribution in [3.63, 3.8) is 0 Å². The molecular weight excluding hydrogens is 467 g/mol. The topological polar surface area (TPSA) is 71.7 Å². The average molecular weight is 492 g/mol. The fourth-order valence-electron chi connectivity index (χ4n) is 2.54. The van der Waals surface area contributed by atoms with Crippen molar-refractivity contribution < 1.29 is 9.15 Å². The summed E-state index contributed by atoms with van der Waals surface area (Å²) < 4.78 is 11.1. The van der Waals surface area contributed by atoms with Crippen molar-refractivity contribution in [1.82, 2.24) is 15.6 Å². The first-order chi connectivity index (χ1) is 13.3. The van der Waals surface area contributed by atoms with Crippen LogP contribution in [0.1, 0.15) is 16.9 Å². The molecule has 7 heteroatoms. The smallest absolute Gasteiger partial charge is 0.213 e. The van der Waals surface area contributed by atoms with E-state index in [0.29, 0.717) is 19.0 Å². The molecule has 0 fully saturated rings. The van der Waals surface area contributed by atoms with Gasteiger partial charge in [0.15, 0.2) is 5.96 Å². The van der Waals surface area contributed by atoms with Crippen LogP contribution in [0, 0.1) is 0 Å². The van der Waals surface area contributed by atoms with Crippen molar-refractivity contribution in [3.8, 4) is 5.88 Å². The molecule has 0 saturated heterocycles. The standard InChI is InChI=1S/C21H24N4O2.HI/c1-22-21(24-12-10-19-8-5-13-26-19)25-15-18-9-11-23-20(14-18)27-16-17-6-3-2-4-7-17;/h2-9,11,13-14H,10,12,15-16H2,1H3,(H2,22,24,25);1H. The Kier molecular flexibility index (Phi) is 9.33. The fourth-order valence-corrected chi connectivity index (χ4v) is 2.54. The van der Waals surface area contributed by atoms with Crippen molar-refractivity contribution in [2.75, 3.05) is 13.6 Å². The maximum atomic E-state index is 5.78. The summed E-state index contributed by atoms with van der Waals surface area (Å²) in [6.07, 6.45) is 4.24. The summed E-state index contributed by atoms with van der Waals surface area (Å²) in [6.45, 7) is 1.88. The number of aromatic nitrogens is 1. The molecule has 0 amide bonds. The summed E-state index contributed by atoms with van der Waals surface area (Å²) in [5.74, 6) is 2.30. The molecule has 0 bridgehead atoms. The van der Waals surface area contributed by atoms with Crippen LogP contribution in [-0.4, -0.2) is 24.5 Å². The Labute approximate surface area is 182 Å². The molecule has 0 aliphatic rings. The molecule has 2 heterocycles. The highest BCUT2D eigenvalue weighted by Crippen LogP contribution is 2.11. The van der Waals surface area contributed by atoms with Crippen LogP contribution >= 0.6 is 24.0 Å². The molecule has 148 valence electrons. The molecule has 0 unspecified atom stereocenters. The first-order valence-electron chi connectivity index (χ1n) is 8.92. The number of aliphatic imine (C=N–C) groups is 1. The van der Waals surface area contributed by atoms with E-state index < -0.39 is 0 Å². The molecule has 0 radical (unpaired) electrons. The zero-order chi connectivity index (χ0) is 18.7. The number of rotatable bonds is 8. The van der Waals surface area contributed by atoms with Crippen molar-refractivity contribution in [3.05, 3.63) is 83.9 Å². The van der Waals surface area contributed by atoms with E-state index in [1.54, 1.807) is 19.5 Å². The first kappa shape index (κ1) is 21.7. The third-order valence-corrected chi connectivity index (χ3v) is 3.96. The summed E-state index contributed by atoms with van der Waals surface area (Å²) in [4.78, 5) is 8.51. The SMILES string of the molecule is CN=C(NCCc1ccco1)NCc1ccnc(OCc2ccccc2)c1.I. The van der Waals surface area contributed by atoms with Gasteiger partial charge in [0.1, 0.15) is 12.4 Å². The van der Waals surface area contributed by atoms with Gasteiger partial charge in [-0.05, 0) is 29.3 Å². The average Bonchev–Trinajstić information content (AvgIpc) is 3.23. The van der Waals surface area contributed by atoms with E-state index in [1.807, 2.05) is 54.6 Å². The van der Waals surface area contributed by atoms with Gasteiger partial charge in [-0.2, -0.15) is 0 Å². The molecule has 0 atom stereocenters. The van der Waals surface area contributed by atoms with Crippen LogP contribution in [0.4, 0.5) is 0 Å². The molecule has 6 nitrogen and oxygen atoms in total. The molecule has 0 aliphatic heterocycles. The van der Waals surface area contributed by atoms with Gasteiger partial charge in [-0.15, -0.1) is 24.0 Å². The van der Waals surface area contributed by atoms with Gasteiger partial charge in [0.05, 0.1) is 6.26 Å². The van der Waals surface area contributed by atoms with Crippen molar-refractivity contribution >= 4 is 29.9 Å². The Morgan fingerprint density at radius 3 is 2.68 bits per heavy atom. The molecule has 0 saturated carbocycles. The Balaban J connectivity index is 0.00000280. The second kappa shape index (κ2) is 12.0. The van der Waals surface area contributed by atoms with Gasteiger partial charge >= 0.3 is 0 Å². The fraction of sp³-hybridized carbons (Fsp3) is 0.238. The minimum absolute atomic E-state index is 0. The number of ether oxygens (including phenoxy) is 1.